The summed E-state index contributed by atoms with van der Waals surface area (Å²) in [5.41, 5.74) is 1.40. The number of hydrogen-bond donors (Lipinski definition) is 0. The van der Waals surface area contributed by atoms with E-state index in [9.17, 15) is 22.1 Å². The molecule has 0 spiro atoms. The maximum absolute atomic E-state index is 12.9. The van der Waals surface area contributed by atoms with E-state index in [2.05, 4.69) is 33.0 Å². The summed E-state index contributed by atoms with van der Waals surface area (Å²) in [7, 11) is -6.70. The quantitative estimate of drug-likeness (QED) is 0.303. The van der Waals surface area contributed by atoms with Crippen LogP contribution in [0.5, 0.6) is 0 Å². The van der Waals surface area contributed by atoms with Gasteiger partial charge in [-0.05, 0) is 98.5 Å². The van der Waals surface area contributed by atoms with Crippen LogP contribution in [0.2, 0.25) is 0 Å². The molecule has 3 heterocycles. The van der Waals surface area contributed by atoms with Crippen molar-refractivity contribution in [3.05, 3.63) is 84.7 Å². The second kappa shape index (κ2) is 12.9. The Hall–Kier alpha value is -3.26. The zero-order valence-corrected chi connectivity index (χ0v) is 27.5. The van der Waals surface area contributed by atoms with Crippen LogP contribution in [0.4, 0.5) is 5.69 Å². The number of piperidine rings is 1. The minimum Gasteiger partial charge on any atom is -0.371 e. The molecule has 2 aliphatic heterocycles. The maximum Gasteiger partial charge on any atom is 0.206 e. The van der Waals surface area contributed by atoms with Crippen molar-refractivity contribution < 1.29 is 16.8 Å². The first-order valence-corrected chi connectivity index (χ1v) is 19.5. The number of aromatic nitrogens is 1. The zero-order chi connectivity index (χ0) is 31.7. The summed E-state index contributed by atoms with van der Waals surface area (Å²) in [4.78, 5) is 9.25. The predicted octanol–water partition coefficient (Wildman–Crippen LogP) is 4.99. The molecule has 3 fully saturated rings. The van der Waals surface area contributed by atoms with Gasteiger partial charge in [-0.15, -0.1) is 0 Å². The Morgan fingerprint density at radius 3 is 2.13 bits per heavy atom. The summed E-state index contributed by atoms with van der Waals surface area (Å²) in [6, 6.07) is 23.1. The van der Waals surface area contributed by atoms with Gasteiger partial charge < -0.3 is 9.80 Å². The van der Waals surface area contributed by atoms with Gasteiger partial charge in [-0.3, -0.25) is 4.98 Å². The molecule has 0 bridgehead atoms. The molecule has 3 atom stereocenters. The smallest absolute Gasteiger partial charge is 0.206 e. The van der Waals surface area contributed by atoms with Gasteiger partial charge in [-0.25, -0.2) is 16.8 Å². The molecule has 2 aromatic carbocycles. The van der Waals surface area contributed by atoms with Crippen molar-refractivity contribution in [3.63, 3.8) is 0 Å². The highest BCUT2D eigenvalue weighted by molar-refractivity contribution is 7.91. The molecular formula is C35H42N4O4S2. The molecule has 0 N–H and O–H groups in total. The number of benzene rings is 2. The molecule has 1 saturated carbocycles. The Bertz CT molecular complexity index is 1710. The number of rotatable bonds is 10. The van der Waals surface area contributed by atoms with Gasteiger partial charge in [0, 0.05) is 49.9 Å². The van der Waals surface area contributed by atoms with E-state index in [1.165, 1.54) is 30.8 Å². The molecule has 0 amide bonds. The summed E-state index contributed by atoms with van der Waals surface area (Å²) in [6.45, 7) is 4.73. The first kappa shape index (κ1) is 31.7. The van der Waals surface area contributed by atoms with E-state index >= 15 is 0 Å². The largest absolute Gasteiger partial charge is 0.371 e. The molecule has 3 aromatic rings. The molecule has 0 radical (unpaired) electrons. The number of pyridine rings is 1. The van der Waals surface area contributed by atoms with E-state index in [1.54, 1.807) is 12.1 Å². The van der Waals surface area contributed by atoms with Crippen molar-refractivity contribution in [2.24, 2.45) is 23.7 Å². The van der Waals surface area contributed by atoms with E-state index in [4.69, 9.17) is 0 Å². The first-order valence-electron chi connectivity index (χ1n) is 16.0. The molecule has 1 aliphatic carbocycles. The van der Waals surface area contributed by atoms with Gasteiger partial charge in [0.15, 0.2) is 0 Å². The minimum absolute atomic E-state index is 0.0173. The molecule has 2 saturated heterocycles. The van der Waals surface area contributed by atoms with Crippen molar-refractivity contribution >= 4 is 25.4 Å². The van der Waals surface area contributed by atoms with E-state index in [0.717, 1.165) is 76.1 Å². The molecular weight excluding hydrogens is 605 g/mol. The van der Waals surface area contributed by atoms with E-state index in [0.29, 0.717) is 5.92 Å². The third-order valence-electron chi connectivity index (χ3n) is 10.4. The van der Waals surface area contributed by atoms with Gasteiger partial charge in [0.1, 0.15) is 9.84 Å². The van der Waals surface area contributed by atoms with Crippen LogP contribution in [-0.4, -0.2) is 71.5 Å². The second-order valence-corrected chi connectivity index (χ2v) is 17.4. The molecule has 1 unspecified atom stereocenters. The van der Waals surface area contributed by atoms with E-state index in [-0.39, 0.29) is 33.3 Å². The first-order chi connectivity index (χ1) is 21.6. The van der Waals surface area contributed by atoms with E-state index < -0.39 is 25.1 Å². The minimum atomic E-state index is -3.56. The lowest BCUT2D eigenvalue weighted by molar-refractivity contribution is 0.0935. The van der Waals surface area contributed by atoms with Crippen molar-refractivity contribution in [2.45, 2.75) is 47.3 Å². The number of sulfone groups is 2. The van der Waals surface area contributed by atoms with Crippen LogP contribution in [0, 0.1) is 35.0 Å². The number of anilines is 1. The normalized spacial score (nSPS) is 23.2. The monoisotopic (exact) mass is 646 g/mol. The van der Waals surface area contributed by atoms with Gasteiger partial charge in [0.25, 0.3) is 0 Å². The Labute approximate surface area is 267 Å². The fourth-order valence-electron chi connectivity index (χ4n) is 8.25. The highest BCUT2D eigenvalue weighted by Gasteiger charge is 2.52. The lowest BCUT2D eigenvalue weighted by Crippen LogP contribution is -2.54. The van der Waals surface area contributed by atoms with Crippen LogP contribution in [0.25, 0.3) is 0 Å². The number of likely N-dealkylation sites (tertiary alicyclic amines) is 1. The summed E-state index contributed by atoms with van der Waals surface area (Å²) in [6.07, 6.45) is 8.89. The molecule has 8 nitrogen and oxygen atoms in total. The standard InChI is InChI=1S/C35H42N4O4S2/c1-44(40,41)25-28-6-5-9-34(28)35(26-36,29-7-3-2-4-8-29)30-16-20-38(21-17-30)22-27-23-39(24-27)31-10-12-32(13-11-31)45(42,43)33-14-18-37-19-15-33/h2-4,7-8,10-15,18-19,27-28,30,34H,5-6,9,16-17,20-25H2,1H3/t28-,34+,35?/m0/s1. The van der Waals surface area contributed by atoms with Crippen molar-refractivity contribution in [1.82, 2.24) is 9.88 Å². The van der Waals surface area contributed by atoms with Crippen molar-refractivity contribution in [3.8, 4) is 6.07 Å². The van der Waals surface area contributed by atoms with E-state index in [1.807, 2.05) is 30.3 Å². The fraction of sp³-hybridized carbons (Fsp3) is 0.486. The van der Waals surface area contributed by atoms with Gasteiger partial charge in [-0.2, -0.15) is 5.26 Å². The summed E-state index contributed by atoms with van der Waals surface area (Å²) < 4.78 is 50.5. The van der Waals surface area contributed by atoms with Gasteiger partial charge in [0.05, 0.1) is 27.0 Å². The highest BCUT2D eigenvalue weighted by atomic mass is 32.2. The number of nitrogens with zero attached hydrogens (tertiary/aromatic N) is 4. The molecule has 6 rings (SSSR count). The van der Waals surface area contributed by atoms with Crippen LogP contribution in [0.3, 0.4) is 0 Å². The molecule has 238 valence electrons. The Morgan fingerprint density at radius 1 is 0.867 bits per heavy atom. The lowest BCUT2D eigenvalue weighted by atomic mass is 9.58. The third-order valence-corrected chi connectivity index (χ3v) is 13.2. The molecule has 3 aliphatic rings. The SMILES string of the molecule is CS(=O)(=O)C[C@@H]1CCC[C@H]1C(C#N)(c1ccccc1)C1CCN(CC2CN(c3ccc(S(=O)(=O)c4ccncc4)cc3)C2)CC1. The third kappa shape index (κ3) is 6.53. The summed E-state index contributed by atoms with van der Waals surface area (Å²) in [5.74, 6) is 0.941. The summed E-state index contributed by atoms with van der Waals surface area (Å²) in [5, 5.41) is 10.9. The average molecular weight is 647 g/mol. The molecule has 45 heavy (non-hydrogen) atoms. The number of nitriles is 1. The van der Waals surface area contributed by atoms with Crippen LogP contribution in [0.15, 0.2) is 88.9 Å². The maximum atomic E-state index is 12.9. The van der Waals surface area contributed by atoms with Gasteiger partial charge in [-0.1, -0.05) is 36.8 Å². The Morgan fingerprint density at radius 2 is 1.51 bits per heavy atom. The van der Waals surface area contributed by atoms with Gasteiger partial charge in [0.2, 0.25) is 9.84 Å². The van der Waals surface area contributed by atoms with Crippen LogP contribution in [0.1, 0.15) is 37.7 Å². The number of hydrogen-bond acceptors (Lipinski definition) is 8. The second-order valence-electron chi connectivity index (χ2n) is 13.3. The van der Waals surface area contributed by atoms with Crippen LogP contribution in [-0.2, 0) is 25.1 Å². The lowest BCUT2D eigenvalue weighted by Gasteiger charge is -2.48. The average Bonchev–Trinajstić information content (AvgIpc) is 3.48. The molecule has 10 heteroatoms. The van der Waals surface area contributed by atoms with Gasteiger partial charge >= 0.3 is 0 Å². The zero-order valence-electron chi connectivity index (χ0n) is 25.8. The van der Waals surface area contributed by atoms with Crippen molar-refractivity contribution in [2.75, 3.05) is 49.6 Å². The Balaban J connectivity index is 1.07. The fourth-order valence-corrected chi connectivity index (χ4v) is 10.7. The Kier molecular flexibility index (Phi) is 9.06. The topological polar surface area (TPSA) is 111 Å². The van der Waals surface area contributed by atoms with Crippen molar-refractivity contribution in [1.29, 1.82) is 5.26 Å². The highest BCUT2D eigenvalue weighted by Crippen LogP contribution is 2.52. The van der Waals surface area contributed by atoms with Crippen LogP contribution < -0.4 is 4.90 Å². The summed E-state index contributed by atoms with van der Waals surface area (Å²) >= 11 is 0. The van der Waals surface area contributed by atoms with Crippen LogP contribution >= 0.6 is 0 Å². The predicted molar refractivity (Wildman–Crippen MR) is 175 cm³/mol. The molecule has 1 aromatic heterocycles.